The third-order valence-corrected chi connectivity index (χ3v) is 12.2. The summed E-state index contributed by atoms with van der Waals surface area (Å²) in [5.74, 6) is -3.77. The first-order chi connectivity index (χ1) is 23.6. The number of hydrogen-bond acceptors (Lipinski definition) is 6. The van der Waals surface area contributed by atoms with E-state index in [2.05, 4.69) is 20.9 Å². The number of rotatable bonds is 39. The van der Waals surface area contributed by atoms with Crippen LogP contribution in [0.4, 0.5) is 0 Å². The molecule has 0 aromatic heterocycles. The van der Waals surface area contributed by atoms with Gasteiger partial charge in [-0.05, 0) is 25.7 Å². The summed E-state index contributed by atoms with van der Waals surface area (Å²) < 4.78 is 17.4. The van der Waals surface area contributed by atoms with E-state index < -0.39 is 46.5 Å². The molecule has 0 aliphatic heterocycles. The van der Waals surface area contributed by atoms with Gasteiger partial charge in [-0.1, -0.05) is 142 Å². The van der Waals surface area contributed by atoms with Crippen LogP contribution < -0.4 is 0 Å². The van der Waals surface area contributed by atoms with Crippen LogP contribution in [0.5, 0.6) is 0 Å². The summed E-state index contributed by atoms with van der Waals surface area (Å²) in [4.78, 5) is 33.8. The predicted molar refractivity (Wildman–Crippen MR) is 199 cm³/mol. The summed E-state index contributed by atoms with van der Waals surface area (Å²) >= 11 is 0. The summed E-state index contributed by atoms with van der Waals surface area (Å²) in [7, 11) is -1.60. The van der Waals surface area contributed by atoms with Crippen molar-refractivity contribution in [2.75, 3.05) is 46.5 Å². The Hall–Kier alpha value is -1.53. The Morgan fingerprint density at radius 1 is 0.429 bits per heavy atom. The standard InChI is InChI=1S/C38H75NO9Si/c1-4-6-8-10-12-14-15-16-17-18-19-20-21-23-25-27-30-39(3,29-26-24-22-13-11-9-7-5-2)31-28-32-49(46-33-36(40)41,47-34-37(42)43)48-35-38(44)45/h4-35H2,1-3H3,(H2-,40,41,42,43,44,45)/p+1. The maximum atomic E-state index is 11.3. The molecule has 0 rings (SSSR count). The average Bonchev–Trinajstić information content (AvgIpc) is 3.06. The van der Waals surface area contributed by atoms with Crippen molar-refractivity contribution in [1.82, 2.24) is 0 Å². The third kappa shape index (κ3) is 31.0. The molecular formula is C38H76NO9Si+. The molecule has 1 atom stereocenters. The molecule has 0 aliphatic carbocycles. The normalized spacial score (nSPS) is 13.0. The molecule has 0 radical (unpaired) electrons. The zero-order chi connectivity index (χ0) is 36.5. The first kappa shape index (κ1) is 47.5. The minimum atomic E-state index is -3.87. The van der Waals surface area contributed by atoms with Crippen LogP contribution in [0.25, 0.3) is 0 Å². The highest BCUT2D eigenvalue weighted by Crippen LogP contribution is 2.22. The number of aliphatic carboxylic acids is 3. The molecule has 0 amide bonds. The lowest BCUT2D eigenvalue weighted by Gasteiger charge is -2.36. The molecule has 0 heterocycles. The molecule has 3 N–H and O–H groups in total. The molecular weight excluding hydrogens is 643 g/mol. The lowest BCUT2D eigenvalue weighted by atomic mass is 10.0. The van der Waals surface area contributed by atoms with Gasteiger partial charge in [0, 0.05) is 12.5 Å². The maximum Gasteiger partial charge on any atom is 0.502 e. The molecule has 0 saturated heterocycles. The maximum absolute atomic E-state index is 11.3. The zero-order valence-electron chi connectivity index (χ0n) is 31.9. The summed E-state index contributed by atoms with van der Waals surface area (Å²) in [5, 5.41) is 27.6. The number of carboxylic acids is 3. The van der Waals surface area contributed by atoms with E-state index >= 15 is 0 Å². The van der Waals surface area contributed by atoms with E-state index in [0.29, 0.717) is 6.42 Å². The lowest BCUT2D eigenvalue weighted by Crippen LogP contribution is -2.51. The number of nitrogens with zero attached hydrogens (tertiary/aromatic N) is 1. The molecule has 0 aliphatic rings. The Kier molecular flexibility index (Phi) is 31.4. The van der Waals surface area contributed by atoms with Crippen molar-refractivity contribution >= 4 is 26.7 Å². The number of carboxylic acid groups (broad SMARTS) is 3. The number of quaternary nitrogens is 1. The highest BCUT2D eigenvalue weighted by molar-refractivity contribution is 6.61. The minimum Gasteiger partial charge on any atom is -0.480 e. The van der Waals surface area contributed by atoms with Crippen LogP contribution in [-0.4, -0.2) is 93.0 Å². The molecule has 0 saturated carbocycles. The quantitative estimate of drug-likeness (QED) is 0.0322. The Morgan fingerprint density at radius 2 is 0.673 bits per heavy atom. The number of hydrogen-bond donors (Lipinski definition) is 3. The van der Waals surface area contributed by atoms with Gasteiger partial charge >= 0.3 is 26.7 Å². The van der Waals surface area contributed by atoms with Gasteiger partial charge in [0.2, 0.25) is 0 Å². The van der Waals surface area contributed by atoms with Gasteiger partial charge in [0.1, 0.15) is 19.8 Å². The van der Waals surface area contributed by atoms with Crippen molar-refractivity contribution in [3.63, 3.8) is 0 Å². The first-order valence-corrected chi connectivity index (χ1v) is 21.9. The second-order valence-electron chi connectivity index (χ2n) is 14.4. The molecule has 0 aromatic rings. The van der Waals surface area contributed by atoms with Crippen LogP contribution in [0.3, 0.4) is 0 Å². The second kappa shape index (κ2) is 32.4. The van der Waals surface area contributed by atoms with E-state index in [0.717, 1.165) is 37.0 Å². The van der Waals surface area contributed by atoms with E-state index in [1.807, 2.05) is 0 Å². The fourth-order valence-electron chi connectivity index (χ4n) is 6.54. The van der Waals surface area contributed by atoms with Crippen molar-refractivity contribution in [1.29, 1.82) is 0 Å². The van der Waals surface area contributed by atoms with E-state index in [-0.39, 0.29) is 6.04 Å². The van der Waals surface area contributed by atoms with Gasteiger partial charge in [-0.15, -0.1) is 0 Å². The van der Waals surface area contributed by atoms with Crippen LogP contribution in [0.1, 0.15) is 174 Å². The predicted octanol–water partition coefficient (Wildman–Crippen LogP) is 9.47. The van der Waals surface area contributed by atoms with Crippen LogP contribution >= 0.6 is 0 Å². The summed E-state index contributed by atoms with van der Waals surface area (Å²) in [5.41, 5.74) is 0. The largest absolute Gasteiger partial charge is 0.502 e. The van der Waals surface area contributed by atoms with Gasteiger partial charge in [0.05, 0.1) is 26.7 Å². The minimum absolute atomic E-state index is 0.158. The average molecular weight is 719 g/mol. The third-order valence-electron chi connectivity index (χ3n) is 9.53. The Bertz CT molecular complexity index is 771. The second-order valence-corrected chi connectivity index (χ2v) is 17.1. The Balaban J connectivity index is 4.84. The highest BCUT2D eigenvalue weighted by atomic mass is 28.4. The van der Waals surface area contributed by atoms with Crippen molar-refractivity contribution in [3.05, 3.63) is 0 Å². The molecule has 0 fully saturated rings. The SMILES string of the molecule is CCCCCCCCCCCCCCCCCC[N+](C)(CCCCCCCCCC)CCC[Si](OCC(=O)O)(OCC(=O)O)OCC(=O)O. The molecule has 0 spiro atoms. The Labute approximate surface area is 300 Å². The molecule has 1 unspecified atom stereocenters. The Morgan fingerprint density at radius 3 is 0.939 bits per heavy atom. The van der Waals surface area contributed by atoms with Crippen LogP contribution in [-0.2, 0) is 27.7 Å². The van der Waals surface area contributed by atoms with E-state index in [9.17, 15) is 29.7 Å². The van der Waals surface area contributed by atoms with Crippen LogP contribution in [0.15, 0.2) is 0 Å². The monoisotopic (exact) mass is 719 g/mol. The fraction of sp³-hybridized carbons (Fsp3) is 0.921. The van der Waals surface area contributed by atoms with E-state index in [1.54, 1.807) is 0 Å². The van der Waals surface area contributed by atoms with Gasteiger partial charge in [-0.2, -0.15) is 0 Å². The van der Waals surface area contributed by atoms with Crippen molar-refractivity contribution in [2.45, 2.75) is 180 Å². The van der Waals surface area contributed by atoms with E-state index in [4.69, 9.17) is 13.3 Å². The molecule has 0 bridgehead atoms. The molecule has 10 nitrogen and oxygen atoms in total. The van der Waals surface area contributed by atoms with Gasteiger partial charge in [-0.25, -0.2) is 14.4 Å². The van der Waals surface area contributed by atoms with Crippen molar-refractivity contribution in [2.24, 2.45) is 0 Å². The van der Waals surface area contributed by atoms with Gasteiger partial charge in [0.15, 0.2) is 0 Å². The summed E-state index contributed by atoms with van der Waals surface area (Å²) in [6.45, 7) is 5.12. The molecule has 49 heavy (non-hydrogen) atoms. The smallest absolute Gasteiger partial charge is 0.480 e. The van der Waals surface area contributed by atoms with Crippen LogP contribution in [0, 0.1) is 0 Å². The zero-order valence-corrected chi connectivity index (χ0v) is 32.9. The van der Waals surface area contributed by atoms with Crippen molar-refractivity contribution < 1.29 is 47.5 Å². The molecule has 0 aromatic carbocycles. The van der Waals surface area contributed by atoms with Gasteiger partial charge in [-0.3, -0.25) is 0 Å². The van der Waals surface area contributed by atoms with E-state index in [1.165, 1.54) is 141 Å². The van der Waals surface area contributed by atoms with Gasteiger partial charge < -0.3 is 33.1 Å². The first-order valence-electron chi connectivity index (χ1n) is 20.0. The van der Waals surface area contributed by atoms with Gasteiger partial charge in [0.25, 0.3) is 0 Å². The number of unbranched alkanes of at least 4 members (excludes halogenated alkanes) is 22. The fourth-order valence-corrected chi connectivity index (χ4v) is 8.84. The number of carbonyl (C=O) groups is 3. The van der Waals surface area contributed by atoms with Crippen molar-refractivity contribution in [3.8, 4) is 0 Å². The summed E-state index contributed by atoms with van der Waals surface area (Å²) in [6, 6.07) is 0.158. The molecule has 290 valence electrons. The van der Waals surface area contributed by atoms with Crippen LogP contribution in [0.2, 0.25) is 6.04 Å². The lowest BCUT2D eigenvalue weighted by molar-refractivity contribution is -0.910. The summed E-state index contributed by atoms with van der Waals surface area (Å²) in [6.07, 6.45) is 31.9. The topological polar surface area (TPSA) is 140 Å². The highest BCUT2D eigenvalue weighted by Gasteiger charge is 2.43. The molecule has 11 heteroatoms.